The zero-order chi connectivity index (χ0) is 20.6. The molecule has 1 aliphatic rings. The van der Waals surface area contributed by atoms with E-state index in [0.29, 0.717) is 33.4 Å². The summed E-state index contributed by atoms with van der Waals surface area (Å²) >= 11 is 0. The number of benzene rings is 2. The van der Waals surface area contributed by atoms with Crippen molar-refractivity contribution in [1.82, 2.24) is 10.9 Å². The van der Waals surface area contributed by atoms with Crippen LogP contribution in [0, 0.1) is 0 Å². The van der Waals surface area contributed by atoms with Crippen molar-refractivity contribution in [1.29, 1.82) is 0 Å². The fourth-order valence-electron chi connectivity index (χ4n) is 3.14. The van der Waals surface area contributed by atoms with Gasteiger partial charge in [0.05, 0.1) is 5.57 Å². The zero-order valence-corrected chi connectivity index (χ0v) is 15.8. The number of amides is 1. The van der Waals surface area contributed by atoms with Gasteiger partial charge in [0.25, 0.3) is 5.91 Å². The third kappa shape index (κ3) is 3.50. The van der Waals surface area contributed by atoms with Crippen molar-refractivity contribution in [2.45, 2.75) is 19.4 Å². The highest BCUT2D eigenvalue weighted by Gasteiger charge is 2.39. The molecule has 7 heteroatoms. The number of ether oxygens (including phenoxy) is 1. The van der Waals surface area contributed by atoms with E-state index in [4.69, 9.17) is 9.15 Å². The van der Waals surface area contributed by atoms with E-state index in [1.165, 1.54) is 12.3 Å². The quantitative estimate of drug-likeness (QED) is 0.405. The maximum absolute atomic E-state index is 12.9. The summed E-state index contributed by atoms with van der Waals surface area (Å²) in [6.07, 6.45) is 1.42. The van der Waals surface area contributed by atoms with Crippen molar-refractivity contribution in [3.05, 3.63) is 82.3 Å². The van der Waals surface area contributed by atoms with Crippen LogP contribution in [-0.2, 0) is 4.79 Å². The number of nitrogens with one attached hydrogen (secondary N) is 2. The third-order valence-corrected chi connectivity index (χ3v) is 4.61. The lowest BCUT2D eigenvalue weighted by Gasteiger charge is -2.32. The van der Waals surface area contributed by atoms with Crippen molar-refractivity contribution >= 4 is 28.2 Å². The smallest absolute Gasteiger partial charge is 0.336 e. The van der Waals surface area contributed by atoms with E-state index in [-0.39, 0.29) is 11.7 Å². The van der Waals surface area contributed by atoms with Crippen LogP contribution in [0.15, 0.2) is 70.0 Å². The van der Waals surface area contributed by atoms with E-state index in [9.17, 15) is 14.4 Å². The summed E-state index contributed by atoms with van der Waals surface area (Å²) in [6, 6.07) is 15.0. The first-order valence-corrected chi connectivity index (χ1v) is 8.98. The Bertz CT molecular complexity index is 1210. The molecule has 4 rings (SSSR count). The van der Waals surface area contributed by atoms with E-state index in [1.807, 2.05) is 6.07 Å². The third-order valence-electron chi connectivity index (χ3n) is 4.61. The van der Waals surface area contributed by atoms with Gasteiger partial charge in [-0.2, -0.15) is 0 Å². The van der Waals surface area contributed by atoms with Crippen molar-refractivity contribution in [3.63, 3.8) is 0 Å². The van der Waals surface area contributed by atoms with E-state index in [2.05, 4.69) is 10.9 Å². The normalized spacial score (nSPS) is 16.2. The van der Waals surface area contributed by atoms with Gasteiger partial charge < -0.3 is 14.6 Å². The molecule has 1 aromatic heterocycles. The van der Waals surface area contributed by atoms with E-state index < -0.39 is 11.2 Å². The second-order valence-electron chi connectivity index (χ2n) is 7.10. The molecule has 7 nitrogen and oxygen atoms in total. The first-order chi connectivity index (χ1) is 13.8. The molecule has 3 aromatic rings. The number of Topliss-reactive ketones (excluding diaryl/α,β-unsaturated/α-hetero) is 1. The summed E-state index contributed by atoms with van der Waals surface area (Å²) in [4.78, 5) is 36.7. The van der Waals surface area contributed by atoms with Gasteiger partial charge in [0, 0.05) is 28.8 Å². The second-order valence-corrected chi connectivity index (χ2v) is 7.10. The number of rotatable bonds is 3. The molecule has 29 heavy (non-hydrogen) atoms. The molecule has 0 aliphatic carbocycles. The minimum Gasteiger partial charge on any atom is -0.479 e. The number of hydrogen-bond donors (Lipinski definition) is 2. The molecule has 0 radical (unpaired) electrons. The molecule has 0 fully saturated rings. The Morgan fingerprint density at radius 1 is 1.03 bits per heavy atom. The zero-order valence-electron chi connectivity index (χ0n) is 15.8. The molecule has 2 N–H and O–H groups in total. The number of carbonyl (C=O) groups excluding carboxylic acids is 2. The molecule has 1 aliphatic heterocycles. The van der Waals surface area contributed by atoms with Gasteiger partial charge in [-0.15, -0.1) is 0 Å². The Kier molecular flexibility index (Phi) is 4.43. The summed E-state index contributed by atoms with van der Waals surface area (Å²) in [6.45, 7) is 3.34. The Morgan fingerprint density at radius 3 is 2.55 bits per heavy atom. The summed E-state index contributed by atoms with van der Waals surface area (Å²) in [7, 11) is 0. The van der Waals surface area contributed by atoms with Gasteiger partial charge in [-0.3, -0.25) is 15.0 Å². The molecule has 146 valence electrons. The lowest BCUT2D eigenvalue weighted by molar-refractivity contribution is -0.126. The molecule has 2 aromatic carbocycles. The fourth-order valence-corrected chi connectivity index (χ4v) is 3.14. The Hall–Kier alpha value is -3.87. The molecule has 0 bridgehead atoms. The lowest BCUT2D eigenvalue weighted by Crippen LogP contribution is -2.43. The standard InChI is InChI=1S/C22H18N2O5/c1-22(2)20(26)16(12-23-24-21(27)13-6-4-3-5-7-13)15-11-17-14(10-18(15)29-22)8-9-19(25)28-17/h3-12,23H,1-2H3,(H,24,27). The summed E-state index contributed by atoms with van der Waals surface area (Å²) in [5.74, 6) is -0.131. The highest BCUT2D eigenvalue weighted by atomic mass is 16.5. The molecule has 0 spiro atoms. The van der Waals surface area contributed by atoms with E-state index in [0.717, 1.165) is 0 Å². The Morgan fingerprint density at radius 2 is 1.79 bits per heavy atom. The summed E-state index contributed by atoms with van der Waals surface area (Å²) in [5.41, 5.74) is 5.24. The van der Waals surface area contributed by atoms with Crippen LogP contribution in [-0.4, -0.2) is 17.3 Å². The minimum absolute atomic E-state index is 0.274. The van der Waals surface area contributed by atoms with Crippen molar-refractivity contribution in [2.24, 2.45) is 0 Å². The van der Waals surface area contributed by atoms with E-state index in [1.54, 1.807) is 56.3 Å². The van der Waals surface area contributed by atoms with Gasteiger partial charge in [0.2, 0.25) is 5.78 Å². The molecule has 2 heterocycles. The minimum atomic E-state index is -1.09. The molecule has 0 saturated carbocycles. The van der Waals surface area contributed by atoms with Crippen molar-refractivity contribution in [3.8, 4) is 5.75 Å². The van der Waals surface area contributed by atoms with Gasteiger partial charge in [-0.1, -0.05) is 18.2 Å². The average Bonchev–Trinajstić information content (AvgIpc) is 2.70. The summed E-state index contributed by atoms with van der Waals surface area (Å²) in [5, 5.41) is 0.679. The van der Waals surface area contributed by atoms with Crippen LogP contribution in [0.3, 0.4) is 0 Å². The molecule has 1 amide bonds. The van der Waals surface area contributed by atoms with Gasteiger partial charge in [0.15, 0.2) is 5.60 Å². The van der Waals surface area contributed by atoms with Crippen LogP contribution in [0.1, 0.15) is 29.8 Å². The Balaban J connectivity index is 1.70. The molecular weight excluding hydrogens is 372 g/mol. The molecule has 0 saturated heterocycles. The monoisotopic (exact) mass is 390 g/mol. The van der Waals surface area contributed by atoms with Gasteiger partial charge in [-0.25, -0.2) is 4.79 Å². The van der Waals surface area contributed by atoms with Crippen LogP contribution in [0.25, 0.3) is 16.5 Å². The van der Waals surface area contributed by atoms with Crippen LogP contribution in [0.5, 0.6) is 5.75 Å². The van der Waals surface area contributed by atoms with E-state index >= 15 is 0 Å². The number of carbonyl (C=O) groups is 2. The second kappa shape index (κ2) is 6.94. The number of fused-ring (bicyclic) bond motifs is 2. The summed E-state index contributed by atoms with van der Waals surface area (Å²) < 4.78 is 11.1. The van der Waals surface area contributed by atoms with Gasteiger partial charge in [0.1, 0.15) is 11.3 Å². The predicted octanol–water partition coefficient (Wildman–Crippen LogP) is 2.81. The van der Waals surface area contributed by atoms with Crippen LogP contribution in [0.2, 0.25) is 0 Å². The SMILES string of the molecule is CC1(C)Oc2cc3ccc(=O)oc3cc2C(=CNNC(=O)c2ccccc2)C1=O. The highest BCUT2D eigenvalue weighted by molar-refractivity contribution is 6.26. The Labute approximate surface area is 166 Å². The van der Waals surface area contributed by atoms with Crippen LogP contribution in [0.4, 0.5) is 0 Å². The highest BCUT2D eigenvalue weighted by Crippen LogP contribution is 2.39. The fraction of sp³-hybridized carbons (Fsp3) is 0.136. The number of ketones is 1. The average molecular weight is 390 g/mol. The predicted molar refractivity (Wildman–Crippen MR) is 107 cm³/mol. The van der Waals surface area contributed by atoms with Gasteiger partial charge in [-0.05, 0) is 44.2 Å². The molecular formula is C22H18N2O5. The lowest BCUT2D eigenvalue weighted by atomic mass is 9.88. The topological polar surface area (TPSA) is 97.6 Å². The largest absolute Gasteiger partial charge is 0.479 e. The van der Waals surface area contributed by atoms with Crippen LogP contribution >= 0.6 is 0 Å². The van der Waals surface area contributed by atoms with Crippen LogP contribution < -0.4 is 21.2 Å². The number of hydrogen-bond acceptors (Lipinski definition) is 6. The van der Waals surface area contributed by atoms with Crippen molar-refractivity contribution < 1.29 is 18.7 Å². The maximum Gasteiger partial charge on any atom is 0.336 e. The first-order valence-electron chi connectivity index (χ1n) is 8.98. The maximum atomic E-state index is 12.9. The molecule has 0 atom stereocenters. The molecule has 0 unspecified atom stereocenters. The first kappa shape index (κ1) is 18.5. The van der Waals surface area contributed by atoms with Gasteiger partial charge >= 0.3 is 5.63 Å². The van der Waals surface area contributed by atoms with Crippen molar-refractivity contribution in [2.75, 3.05) is 0 Å². The number of hydrazine groups is 1.